The average Bonchev–Trinajstić information content (AvgIpc) is 2.38. The highest BCUT2D eigenvalue weighted by molar-refractivity contribution is 7.98. The van der Waals surface area contributed by atoms with Crippen molar-refractivity contribution in [2.45, 2.75) is 18.2 Å². The van der Waals surface area contributed by atoms with Gasteiger partial charge >= 0.3 is 0 Å². The minimum Gasteiger partial charge on any atom is -0.396 e. The fraction of sp³-hybridized carbons (Fsp3) is 0.538. The van der Waals surface area contributed by atoms with Gasteiger partial charge in [0.05, 0.1) is 4.90 Å². The third-order valence-corrected chi connectivity index (χ3v) is 5.05. The van der Waals surface area contributed by atoms with Gasteiger partial charge in [-0.15, -0.1) is 0 Å². The number of benzene rings is 1. The predicted molar refractivity (Wildman–Crippen MR) is 80.0 cm³/mol. The van der Waals surface area contributed by atoms with E-state index >= 15 is 0 Å². The Labute approximate surface area is 119 Å². The molecule has 0 spiro atoms. The second-order valence-corrected chi connectivity index (χ2v) is 7.21. The molecule has 0 aromatic heterocycles. The summed E-state index contributed by atoms with van der Waals surface area (Å²) < 4.78 is 26.7. The Morgan fingerprint density at radius 1 is 1.32 bits per heavy atom. The Kier molecular flexibility index (Phi) is 6.85. The summed E-state index contributed by atoms with van der Waals surface area (Å²) in [6.07, 6.45) is 2.55. The molecule has 0 bridgehead atoms. The predicted octanol–water partition coefficient (Wildman–Crippen LogP) is 1.50. The Morgan fingerprint density at radius 2 is 1.95 bits per heavy atom. The van der Waals surface area contributed by atoms with Gasteiger partial charge in [-0.05, 0) is 42.0 Å². The second-order valence-electron chi connectivity index (χ2n) is 4.53. The van der Waals surface area contributed by atoms with E-state index in [9.17, 15) is 8.42 Å². The normalized spacial score (nSPS) is 13.4. The zero-order chi connectivity index (χ0) is 14.3. The first-order valence-corrected chi connectivity index (χ1v) is 9.05. The van der Waals surface area contributed by atoms with Crippen LogP contribution in [0.15, 0.2) is 29.2 Å². The molecule has 0 amide bonds. The number of sulfonamides is 1. The summed E-state index contributed by atoms with van der Waals surface area (Å²) in [4.78, 5) is 0.269. The molecule has 19 heavy (non-hydrogen) atoms. The summed E-state index contributed by atoms with van der Waals surface area (Å²) in [6, 6.07) is 6.62. The van der Waals surface area contributed by atoms with E-state index < -0.39 is 10.0 Å². The molecule has 0 radical (unpaired) electrons. The largest absolute Gasteiger partial charge is 0.396 e. The highest BCUT2D eigenvalue weighted by Gasteiger charge is 2.14. The average molecular weight is 303 g/mol. The van der Waals surface area contributed by atoms with Gasteiger partial charge in [0.15, 0.2) is 0 Å². The molecule has 0 heterocycles. The van der Waals surface area contributed by atoms with Crippen LogP contribution in [-0.4, -0.2) is 38.7 Å². The summed E-state index contributed by atoms with van der Waals surface area (Å²) >= 11 is 1.71. The van der Waals surface area contributed by atoms with Crippen LogP contribution in [0.1, 0.15) is 12.5 Å². The molecule has 0 aliphatic rings. The number of hydrogen-bond donors (Lipinski definition) is 2. The molecule has 2 N–H and O–H groups in total. The summed E-state index contributed by atoms with van der Waals surface area (Å²) in [7, 11) is -3.43. The van der Waals surface area contributed by atoms with Crippen LogP contribution in [0.5, 0.6) is 0 Å². The third kappa shape index (κ3) is 5.52. The number of aliphatic hydroxyl groups is 1. The summed E-state index contributed by atoms with van der Waals surface area (Å²) in [5, 5.41) is 8.81. The van der Waals surface area contributed by atoms with Gasteiger partial charge in [-0.1, -0.05) is 19.1 Å². The van der Waals surface area contributed by atoms with Crippen molar-refractivity contribution in [2.24, 2.45) is 5.92 Å². The monoisotopic (exact) mass is 303 g/mol. The standard InChI is InChI=1S/C13H21NO3S2/c1-11(10-18-2)9-14-19(16,17)13-5-3-12(4-6-13)7-8-15/h3-6,11,14-15H,7-10H2,1-2H3. The third-order valence-electron chi connectivity index (χ3n) is 2.71. The van der Waals surface area contributed by atoms with Gasteiger partial charge in [0.2, 0.25) is 10.0 Å². The van der Waals surface area contributed by atoms with Crippen molar-refractivity contribution in [3.8, 4) is 0 Å². The molecule has 108 valence electrons. The smallest absolute Gasteiger partial charge is 0.240 e. The molecule has 0 fully saturated rings. The lowest BCUT2D eigenvalue weighted by atomic mass is 10.2. The Morgan fingerprint density at radius 3 is 2.47 bits per heavy atom. The van der Waals surface area contributed by atoms with E-state index in [2.05, 4.69) is 4.72 Å². The van der Waals surface area contributed by atoms with Gasteiger partial charge in [-0.2, -0.15) is 11.8 Å². The lowest BCUT2D eigenvalue weighted by molar-refractivity contribution is 0.299. The van der Waals surface area contributed by atoms with Crippen LogP contribution < -0.4 is 4.72 Å². The molecule has 1 rings (SSSR count). The zero-order valence-corrected chi connectivity index (χ0v) is 12.9. The van der Waals surface area contributed by atoms with Crippen LogP contribution in [0.25, 0.3) is 0 Å². The van der Waals surface area contributed by atoms with Crippen LogP contribution in [0.3, 0.4) is 0 Å². The molecule has 1 atom stereocenters. The molecule has 0 saturated heterocycles. The molecule has 1 aromatic rings. The molecule has 1 aromatic carbocycles. The zero-order valence-electron chi connectivity index (χ0n) is 11.3. The topological polar surface area (TPSA) is 66.4 Å². The summed E-state index contributed by atoms with van der Waals surface area (Å²) in [6.45, 7) is 2.53. The Balaban J connectivity index is 2.66. The van der Waals surface area contributed by atoms with Crippen LogP contribution in [-0.2, 0) is 16.4 Å². The van der Waals surface area contributed by atoms with Crippen LogP contribution in [0.4, 0.5) is 0 Å². The highest BCUT2D eigenvalue weighted by Crippen LogP contribution is 2.12. The second kappa shape index (κ2) is 7.89. The number of aliphatic hydroxyl groups excluding tert-OH is 1. The van der Waals surface area contributed by atoms with E-state index in [-0.39, 0.29) is 11.5 Å². The molecular formula is C13H21NO3S2. The van der Waals surface area contributed by atoms with Gasteiger partial charge < -0.3 is 5.11 Å². The number of thioether (sulfide) groups is 1. The lowest BCUT2D eigenvalue weighted by Crippen LogP contribution is -2.29. The van der Waals surface area contributed by atoms with Crippen molar-refractivity contribution in [1.29, 1.82) is 0 Å². The van der Waals surface area contributed by atoms with Crippen LogP contribution >= 0.6 is 11.8 Å². The number of rotatable bonds is 8. The van der Waals surface area contributed by atoms with Gasteiger partial charge in [0.1, 0.15) is 0 Å². The van der Waals surface area contributed by atoms with Crippen molar-refractivity contribution in [1.82, 2.24) is 4.72 Å². The van der Waals surface area contributed by atoms with Crippen molar-refractivity contribution in [3.63, 3.8) is 0 Å². The van der Waals surface area contributed by atoms with Crippen molar-refractivity contribution in [2.75, 3.05) is 25.2 Å². The fourth-order valence-corrected chi connectivity index (χ4v) is 3.49. The van der Waals surface area contributed by atoms with Gasteiger partial charge in [0, 0.05) is 13.2 Å². The maximum atomic E-state index is 12.0. The van der Waals surface area contributed by atoms with E-state index in [0.29, 0.717) is 18.9 Å². The first-order valence-electron chi connectivity index (χ1n) is 6.18. The summed E-state index contributed by atoms with van der Waals surface area (Å²) in [5.74, 6) is 1.23. The minimum atomic E-state index is -3.43. The van der Waals surface area contributed by atoms with E-state index in [0.717, 1.165) is 11.3 Å². The van der Waals surface area contributed by atoms with Crippen molar-refractivity contribution in [3.05, 3.63) is 29.8 Å². The highest BCUT2D eigenvalue weighted by atomic mass is 32.2. The maximum absolute atomic E-state index is 12.0. The van der Waals surface area contributed by atoms with E-state index in [4.69, 9.17) is 5.11 Å². The van der Waals surface area contributed by atoms with Crippen LogP contribution in [0.2, 0.25) is 0 Å². The van der Waals surface area contributed by atoms with Crippen molar-refractivity contribution >= 4 is 21.8 Å². The fourth-order valence-electron chi connectivity index (χ4n) is 1.64. The maximum Gasteiger partial charge on any atom is 0.240 e. The van der Waals surface area contributed by atoms with E-state index in [1.54, 1.807) is 36.0 Å². The Hall–Kier alpha value is -0.560. The number of nitrogens with one attached hydrogen (secondary N) is 1. The molecule has 6 heteroatoms. The van der Waals surface area contributed by atoms with Crippen molar-refractivity contribution < 1.29 is 13.5 Å². The van der Waals surface area contributed by atoms with E-state index in [1.165, 1.54) is 0 Å². The molecular weight excluding hydrogens is 282 g/mol. The van der Waals surface area contributed by atoms with Crippen LogP contribution in [0, 0.1) is 5.92 Å². The molecule has 1 unspecified atom stereocenters. The molecule has 0 saturated carbocycles. The SMILES string of the molecule is CSCC(C)CNS(=O)(=O)c1ccc(CCO)cc1. The molecule has 0 aliphatic heterocycles. The van der Waals surface area contributed by atoms with Gasteiger partial charge in [-0.25, -0.2) is 13.1 Å². The molecule has 4 nitrogen and oxygen atoms in total. The Bertz CT molecular complexity index is 471. The van der Waals surface area contributed by atoms with Gasteiger partial charge in [-0.3, -0.25) is 0 Å². The number of hydrogen-bond acceptors (Lipinski definition) is 4. The van der Waals surface area contributed by atoms with Gasteiger partial charge in [0.25, 0.3) is 0 Å². The minimum absolute atomic E-state index is 0.0660. The quantitative estimate of drug-likeness (QED) is 0.764. The first kappa shape index (κ1) is 16.5. The molecule has 0 aliphatic carbocycles. The summed E-state index contributed by atoms with van der Waals surface area (Å²) in [5.41, 5.74) is 0.928. The van der Waals surface area contributed by atoms with E-state index in [1.807, 2.05) is 13.2 Å². The first-order chi connectivity index (χ1) is 8.99. The lowest BCUT2D eigenvalue weighted by Gasteiger charge is -2.12.